The van der Waals surface area contributed by atoms with Gasteiger partial charge in [-0.05, 0) is 69.9 Å². The molecule has 2 aliphatic rings. The number of alkyl halides is 3. The second-order valence-electron chi connectivity index (χ2n) is 13.5. The molecule has 2 aliphatic heterocycles. The molecule has 0 saturated carbocycles. The first-order valence-electron chi connectivity index (χ1n) is 15.2. The summed E-state index contributed by atoms with van der Waals surface area (Å²) in [4.78, 5) is 33.7. The number of carboxylic acid groups (broad SMARTS) is 1. The summed E-state index contributed by atoms with van der Waals surface area (Å²) in [5.74, 6) is -3.80. The molecule has 0 aliphatic carbocycles. The molecule has 13 heteroatoms. The lowest BCUT2D eigenvalue weighted by atomic mass is 9.75. The molecule has 46 heavy (non-hydrogen) atoms. The van der Waals surface area contributed by atoms with E-state index in [-0.39, 0.29) is 36.7 Å². The van der Waals surface area contributed by atoms with Crippen LogP contribution in [0.25, 0.3) is 0 Å². The molecular weight excluding hydrogens is 609 g/mol. The summed E-state index contributed by atoms with van der Waals surface area (Å²) in [6.07, 6.45) is -0.898. The number of aromatic nitrogens is 2. The summed E-state index contributed by atoms with van der Waals surface area (Å²) in [6, 6.07) is 6.83. The molecule has 2 fully saturated rings. The van der Waals surface area contributed by atoms with Gasteiger partial charge in [-0.1, -0.05) is 12.1 Å². The molecular formula is C33H38F5N5O3. The highest BCUT2D eigenvalue weighted by Crippen LogP contribution is 2.46. The van der Waals surface area contributed by atoms with Crippen molar-refractivity contribution in [2.24, 2.45) is 11.3 Å². The van der Waals surface area contributed by atoms with Crippen LogP contribution >= 0.6 is 0 Å². The fourth-order valence-corrected chi connectivity index (χ4v) is 6.48. The zero-order valence-electron chi connectivity index (χ0n) is 26.2. The van der Waals surface area contributed by atoms with Crippen LogP contribution in [0.5, 0.6) is 0 Å². The molecule has 1 aromatic heterocycles. The third-order valence-corrected chi connectivity index (χ3v) is 9.38. The zero-order valence-corrected chi connectivity index (χ0v) is 26.2. The number of carbonyl (C=O) groups excluding carboxylic acids is 1. The predicted octanol–water partition coefficient (Wildman–Crippen LogP) is 6.37. The van der Waals surface area contributed by atoms with Crippen molar-refractivity contribution in [1.29, 1.82) is 0 Å². The Balaban J connectivity index is 1.43. The minimum atomic E-state index is -4.57. The van der Waals surface area contributed by atoms with Gasteiger partial charge in [0, 0.05) is 61.8 Å². The molecule has 5 rings (SSSR count). The van der Waals surface area contributed by atoms with Gasteiger partial charge in [-0.25, -0.2) is 13.8 Å². The number of benzene rings is 2. The average molecular weight is 648 g/mol. The Hall–Kier alpha value is -4.00. The highest BCUT2D eigenvalue weighted by molar-refractivity contribution is 5.95. The topological polar surface area (TPSA) is 90.7 Å². The summed E-state index contributed by atoms with van der Waals surface area (Å²) in [6.45, 7) is 9.00. The third-order valence-electron chi connectivity index (χ3n) is 9.38. The van der Waals surface area contributed by atoms with Crippen molar-refractivity contribution >= 4 is 23.5 Å². The van der Waals surface area contributed by atoms with Crippen LogP contribution in [-0.2, 0) is 22.3 Å². The summed E-state index contributed by atoms with van der Waals surface area (Å²) < 4.78 is 71.6. The number of rotatable bonds is 7. The predicted molar refractivity (Wildman–Crippen MR) is 163 cm³/mol. The van der Waals surface area contributed by atoms with E-state index in [1.165, 1.54) is 24.4 Å². The van der Waals surface area contributed by atoms with Gasteiger partial charge in [-0.3, -0.25) is 19.8 Å². The first-order chi connectivity index (χ1) is 21.5. The number of imidazole rings is 1. The summed E-state index contributed by atoms with van der Waals surface area (Å²) >= 11 is 0. The molecule has 1 amide bonds. The van der Waals surface area contributed by atoms with E-state index in [0.717, 1.165) is 18.2 Å². The fourth-order valence-electron chi connectivity index (χ4n) is 6.48. The molecule has 0 bridgehead atoms. The Kier molecular flexibility index (Phi) is 8.93. The first kappa shape index (κ1) is 33.4. The molecule has 248 valence electrons. The monoisotopic (exact) mass is 647 g/mol. The highest BCUT2D eigenvalue weighted by Gasteiger charge is 2.52. The van der Waals surface area contributed by atoms with Gasteiger partial charge in [-0.2, -0.15) is 13.2 Å². The van der Waals surface area contributed by atoms with E-state index in [0.29, 0.717) is 37.2 Å². The van der Waals surface area contributed by atoms with E-state index in [1.54, 1.807) is 22.6 Å². The number of hydrogen-bond donors (Lipinski definition) is 2. The normalized spacial score (nSPS) is 21.5. The summed E-state index contributed by atoms with van der Waals surface area (Å²) in [5.41, 5.74) is -1.20. The number of nitrogens with zero attached hydrogens (tertiary/aromatic N) is 4. The standard InChI is InChI=1S/C33H38F5N5O3/c1-31(2,3)43-18-25(24-8-7-23(34)16-26(24)35)32(4,19-43)29(46)40-30-39-11-14-42(30)17-21-5-6-22(33(36,37)38)15-27(21)41-12-9-20(10-13-41)28(44)45/h5-8,11,14-16,20,25H,9-10,12-13,17-19H2,1-4H3,(H,44,45)(H,39,40,46). The minimum Gasteiger partial charge on any atom is -0.481 e. The van der Waals surface area contributed by atoms with Gasteiger partial charge in [0.2, 0.25) is 11.9 Å². The number of hydrogen-bond acceptors (Lipinski definition) is 5. The van der Waals surface area contributed by atoms with E-state index < -0.39 is 52.5 Å². The van der Waals surface area contributed by atoms with Gasteiger partial charge in [0.25, 0.3) is 0 Å². The lowest BCUT2D eigenvalue weighted by Crippen LogP contribution is -2.44. The van der Waals surface area contributed by atoms with E-state index in [9.17, 15) is 32.3 Å². The first-order valence-corrected chi connectivity index (χ1v) is 15.2. The fraction of sp³-hybridized carbons (Fsp3) is 0.485. The summed E-state index contributed by atoms with van der Waals surface area (Å²) in [5, 5.41) is 12.3. The molecule has 2 N–H and O–H groups in total. The smallest absolute Gasteiger partial charge is 0.416 e. The van der Waals surface area contributed by atoms with Crippen LogP contribution in [0.1, 0.15) is 63.1 Å². The number of halogens is 5. The Morgan fingerprint density at radius 1 is 1.07 bits per heavy atom. The van der Waals surface area contributed by atoms with E-state index >= 15 is 4.39 Å². The Morgan fingerprint density at radius 3 is 2.37 bits per heavy atom. The lowest BCUT2D eigenvalue weighted by Gasteiger charge is -2.34. The molecule has 8 nitrogen and oxygen atoms in total. The van der Waals surface area contributed by atoms with Crippen molar-refractivity contribution in [3.63, 3.8) is 0 Å². The SMILES string of the molecule is CC1(C(=O)Nc2nccn2Cc2ccc(C(F)(F)F)cc2N2CCC(C(=O)O)CC2)CN(C(C)(C)C)CC1c1ccc(F)cc1F. The Morgan fingerprint density at radius 2 is 1.76 bits per heavy atom. The average Bonchev–Trinajstić information content (AvgIpc) is 3.57. The van der Waals surface area contributed by atoms with Crippen molar-refractivity contribution in [2.45, 2.75) is 64.7 Å². The van der Waals surface area contributed by atoms with Crippen LogP contribution in [0.4, 0.5) is 33.6 Å². The van der Waals surface area contributed by atoms with Crippen molar-refractivity contribution in [1.82, 2.24) is 14.5 Å². The van der Waals surface area contributed by atoms with E-state index in [4.69, 9.17) is 0 Å². The van der Waals surface area contributed by atoms with Gasteiger partial charge >= 0.3 is 12.1 Å². The largest absolute Gasteiger partial charge is 0.481 e. The van der Waals surface area contributed by atoms with Gasteiger partial charge in [-0.15, -0.1) is 0 Å². The van der Waals surface area contributed by atoms with Gasteiger partial charge in [0.05, 0.1) is 23.4 Å². The number of amides is 1. The number of piperidine rings is 1. The molecule has 2 saturated heterocycles. The molecule has 2 aromatic carbocycles. The zero-order chi connectivity index (χ0) is 33.6. The van der Waals surface area contributed by atoms with E-state index in [1.807, 2.05) is 20.8 Å². The third kappa shape index (κ3) is 6.74. The van der Waals surface area contributed by atoms with Crippen LogP contribution in [0.15, 0.2) is 48.8 Å². The number of likely N-dealkylation sites (tertiary alicyclic amines) is 1. The molecule has 3 heterocycles. The van der Waals surface area contributed by atoms with Crippen LogP contribution in [0.2, 0.25) is 0 Å². The second-order valence-corrected chi connectivity index (χ2v) is 13.5. The van der Waals surface area contributed by atoms with Crippen molar-refractivity contribution < 1.29 is 36.6 Å². The maximum absolute atomic E-state index is 15.1. The number of anilines is 2. The maximum Gasteiger partial charge on any atom is 0.416 e. The van der Waals surface area contributed by atoms with Crippen LogP contribution < -0.4 is 10.2 Å². The van der Waals surface area contributed by atoms with Gasteiger partial charge < -0.3 is 14.6 Å². The minimum absolute atomic E-state index is 0.0722. The van der Waals surface area contributed by atoms with Crippen molar-refractivity contribution in [3.8, 4) is 0 Å². The number of carbonyl (C=O) groups is 2. The number of carboxylic acids is 1. The molecule has 0 spiro atoms. The highest BCUT2D eigenvalue weighted by atomic mass is 19.4. The lowest BCUT2D eigenvalue weighted by molar-refractivity contribution is -0.142. The molecule has 2 unspecified atom stereocenters. The van der Waals surface area contributed by atoms with Crippen molar-refractivity contribution in [2.75, 3.05) is 36.4 Å². The Bertz CT molecular complexity index is 1610. The number of nitrogens with one attached hydrogen (secondary N) is 1. The molecule has 3 aromatic rings. The van der Waals surface area contributed by atoms with Gasteiger partial charge in [0.1, 0.15) is 11.6 Å². The quantitative estimate of drug-likeness (QED) is 0.290. The molecule has 2 atom stereocenters. The van der Waals surface area contributed by atoms with Crippen molar-refractivity contribution in [3.05, 3.63) is 77.1 Å². The summed E-state index contributed by atoms with van der Waals surface area (Å²) in [7, 11) is 0. The van der Waals surface area contributed by atoms with Crippen LogP contribution in [0, 0.1) is 23.0 Å². The van der Waals surface area contributed by atoms with Crippen LogP contribution in [0.3, 0.4) is 0 Å². The van der Waals surface area contributed by atoms with Gasteiger partial charge in [0.15, 0.2) is 0 Å². The number of aliphatic carboxylic acids is 1. The Labute approximate surface area is 264 Å². The molecule has 0 radical (unpaired) electrons. The second kappa shape index (κ2) is 12.3. The van der Waals surface area contributed by atoms with Crippen LogP contribution in [-0.4, -0.2) is 63.2 Å². The van der Waals surface area contributed by atoms with E-state index in [2.05, 4.69) is 15.2 Å². The maximum atomic E-state index is 15.1.